The van der Waals surface area contributed by atoms with Crippen LogP contribution in [0.4, 0.5) is 0 Å². The largest absolute Gasteiger partial charge is 0.493 e. The summed E-state index contributed by atoms with van der Waals surface area (Å²) in [5.74, 6) is 2.15. The lowest BCUT2D eigenvalue weighted by atomic mass is 9.66. The molecule has 0 aromatic heterocycles. The van der Waals surface area contributed by atoms with E-state index in [-0.39, 0.29) is 35.1 Å². The molecule has 39 heavy (non-hydrogen) atoms. The Bertz CT molecular complexity index is 977. The van der Waals surface area contributed by atoms with Crippen LogP contribution in [0.2, 0.25) is 0 Å². The molecule has 3 heterocycles. The van der Waals surface area contributed by atoms with Crippen LogP contribution >= 0.6 is 0 Å². The number of hydrogen-bond acceptors (Lipinski definition) is 4. The van der Waals surface area contributed by atoms with Gasteiger partial charge in [-0.2, -0.15) is 0 Å². The molecule has 4 aliphatic rings. The van der Waals surface area contributed by atoms with Crippen molar-refractivity contribution in [1.82, 2.24) is 14.7 Å². The van der Waals surface area contributed by atoms with Gasteiger partial charge in [0.05, 0.1) is 13.2 Å². The maximum atomic E-state index is 13.7. The fourth-order valence-corrected chi connectivity index (χ4v) is 7.03. The summed E-state index contributed by atoms with van der Waals surface area (Å²) < 4.78 is 5.84. The van der Waals surface area contributed by atoms with E-state index in [9.17, 15) is 9.59 Å². The number of nitrogens with zero attached hydrogens (tertiary/aromatic N) is 3. The Morgan fingerprint density at radius 1 is 1.26 bits per heavy atom. The first-order chi connectivity index (χ1) is 18.8. The van der Waals surface area contributed by atoms with Crippen molar-refractivity contribution in [3.05, 3.63) is 48.4 Å². The second-order valence-electron chi connectivity index (χ2n) is 12.4. The van der Waals surface area contributed by atoms with Crippen LogP contribution in [0.5, 0.6) is 0 Å². The number of rotatable bonds is 13. The van der Waals surface area contributed by atoms with Crippen LogP contribution in [-0.2, 0) is 14.3 Å². The van der Waals surface area contributed by atoms with E-state index in [0.29, 0.717) is 19.0 Å². The summed E-state index contributed by atoms with van der Waals surface area (Å²) in [7, 11) is 0. The highest BCUT2D eigenvalue weighted by Gasteiger charge is 2.49. The topological polar surface area (TPSA) is 53.1 Å². The molecule has 2 fully saturated rings. The Morgan fingerprint density at radius 3 is 2.69 bits per heavy atom. The van der Waals surface area contributed by atoms with Gasteiger partial charge in [0.2, 0.25) is 11.8 Å². The highest BCUT2D eigenvalue weighted by atomic mass is 16.5. The van der Waals surface area contributed by atoms with Gasteiger partial charge in [0.1, 0.15) is 5.76 Å². The van der Waals surface area contributed by atoms with E-state index in [4.69, 9.17) is 4.74 Å². The van der Waals surface area contributed by atoms with Gasteiger partial charge < -0.3 is 14.5 Å². The van der Waals surface area contributed by atoms with Crippen molar-refractivity contribution in [1.29, 1.82) is 0 Å². The Labute approximate surface area is 236 Å². The molecule has 2 unspecified atom stereocenters. The molecular formula is C33H51N3O3. The number of ether oxygens (including phenoxy) is 1. The number of unbranched alkanes of at least 4 members (excludes halogenated alkanes) is 2. The van der Waals surface area contributed by atoms with Gasteiger partial charge in [-0.15, -0.1) is 6.58 Å². The van der Waals surface area contributed by atoms with Crippen LogP contribution in [0, 0.1) is 23.2 Å². The zero-order valence-electron chi connectivity index (χ0n) is 24.9. The molecule has 216 valence electrons. The third-order valence-corrected chi connectivity index (χ3v) is 9.50. The van der Waals surface area contributed by atoms with Crippen molar-refractivity contribution in [2.45, 2.75) is 85.1 Å². The zero-order valence-corrected chi connectivity index (χ0v) is 24.9. The number of likely N-dealkylation sites (tertiary alicyclic amines) is 1. The summed E-state index contributed by atoms with van der Waals surface area (Å²) in [6.07, 6.45) is 18.8. The van der Waals surface area contributed by atoms with Crippen molar-refractivity contribution < 1.29 is 14.3 Å². The van der Waals surface area contributed by atoms with Crippen LogP contribution in [-0.4, -0.2) is 71.9 Å². The average Bonchev–Trinajstić information content (AvgIpc) is 3.53. The van der Waals surface area contributed by atoms with E-state index < -0.39 is 0 Å². The molecule has 0 saturated carbocycles. The summed E-state index contributed by atoms with van der Waals surface area (Å²) >= 11 is 0. The van der Waals surface area contributed by atoms with Crippen molar-refractivity contribution in [3.63, 3.8) is 0 Å². The van der Waals surface area contributed by atoms with Gasteiger partial charge >= 0.3 is 0 Å². The fourth-order valence-electron chi connectivity index (χ4n) is 7.03. The Balaban J connectivity index is 1.56. The summed E-state index contributed by atoms with van der Waals surface area (Å²) in [6, 6.07) is 0.175. The Kier molecular flexibility index (Phi) is 10.1. The van der Waals surface area contributed by atoms with Gasteiger partial charge in [0.15, 0.2) is 0 Å². The quantitative estimate of drug-likeness (QED) is 0.273. The molecule has 4 rings (SSSR count). The van der Waals surface area contributed by atoms with Crippen LogP contribution in [0.1, 0.15) is 79.1 Å². The van der Waals surface area contributed by atoms with Crippen LogP contribution in [0.15, 0.2) is 48.4 Å². The third-order valence-electron chi connectivity index (χ3n) is 9.50. The highest BCUT2D eigenvalue weighted by molar-refractivity contribution is 5.80. The average molecular weight is 538 g/mol. The summed E-state index contributed by atoms with van der Waals surface area (Å²) in [4.78, 5) is 33.0. The lowest BCUT2D eigenvalue weighted by molar-refractivity contribution is -0.134. The first kappa shape index (κ1) is 29.6. The molecule has 0 bridgehead atoms. The molecule has 2 amide bonds. The first-order valence-corrected chi connectivity index (χ1v) is 15.5. The molecular weight excluding hydrogens is 486 g/mol. The van der Waals surface area contributed by atoms with Gasteiger partial charge in [-0.3, -0.25) is 14.5 Å². The SMILES string of the molecule is C=C[C@H]1[C@H](CCN2C=CCC(C)C2=O)N(CC(=O)N(CCCC)CCCC)C[C@@H]1C1(C)C=C2CCOC2=CC1. The van der Waals surface area contributed by atoms with Crippen molar-refractivity contribution in [2.24, 2.45) is 23.2 Å². The second kappa shape index (κ2) is 13.3. The van der Waals surface area contributed by atoms with E-state index in [1.54, 1.807) is 0 Å². The second-order valence-corrected chi connectivity index (χ2v) is 12.4. The van der Waals surface area contributed by atoms with Crippen LogP contribution < -0.4 is 0 Å². The maximum Gasteiger partial charge on any atom is 0.236 e. The molecule has 1 aliphatic carbocycles. The minimum Gasteiger partial charge on any atom is -0.493 e. The number of fused-ring (bicyclic) bond motifs is 1. The number of amides is 2. The Morgan fingerprint density at radius 2 is 2.00 bits per heavy atom. The summed E-state index contributed by atoms with van der Waals surface area (Å²) in [5.41, 5.74) is 1.32. The van der Waals surface area contributed by atoms with Gasteiger partial charge in [0, 0.05) is 50.8 Å². The van der Waals surface area contributed by atoms with Crippen molar-refractivity contribution >= 4 is 11.8 Å². The molecule has 2 saturated heterocycles. The van der Waals surface area contributed by atoms with Gasteiger partial charge in [-0.05, 0) is 61.0 Å². The van der Waals surface area contributed by atoms with Gasteiger partial charge in [-0.1, -0.05) is 58.8 Å². The van der Waals surface area contributed by atoms with E-state index in [1.807, 2.05) is 18.0 Å². The van der Waals surface area contributed by atoms with E-state index in [0.717, 1.165) is 83.4 Å². The predicted octanol–water partition coefficient (Wildman–Crippen LogP) is 5.93. The molecule has 6 nitrogen and oxygen atoms in total. The zero-order chi connectivity index (χ0) is 28.0. The van der Waals surface area contributed by atoms with Gasteiger partial charge in [0.25, 0.3) is 0 Å². The lowest BCUT2D eigenvalue weighted by Gasteiger charge is -2.38. The lowest BCUT2D eigenvalue weighted by Crippen LogP contribution is -2.45. The molecule has 0 aromatic rings. The van der Waals surface area contributed by atoms with Gasteiger partial charge in [-0.25, -0.2) is 0 Å². The molecule has 6 heteroatoms. The minimum absolute atomic E-state index is 0.0130. The molecule has 5 atom stereocenters. The molecule has 0 N–H and O–H groups in total. The number of carbonyl (C=O) groups excluding carboxylic acids is 2. The summed E-state index contributed by atoms with van der Waals surface area (Å²) in [5, 5.41) is 0. The number of hydrogen-bond donors (Lipinski definition) is 0. The molecule has 0 aromatic carbocycles. The smallest absolute Gasteiger partial charge is 0.236 e. The normalized spacial score (nSPS) is 30.6. The number of carbonyl (C=O) groups is 2. The monoisotopic (exact) mass is 537 g/mol. The van der Waals surface area contributed by atoms with Crippen molar-refractivity contribution in [2.75, 3.05) is 39.3 Å². The first-order valence-electron chi connectivity index (χ1n) is 15.5. The maximum absolute atomic E-state index is 13.7. The van der Waals surface area contributed by atoms with Crippen molar-refractivity contribution in [3.8, 4) is 0 Å². The molecule has 3 aliphatic heterocycles. The molecule has 0 spiro atoms. The van der Waals surface area contributed by atoms with Crippen LogP contribution in [0.25, 0.3) is 0 Å². The van der Waals surface area contributed by atoms with Crippen LogP contribution in [0.3, 0.4) is 0 Å². The number of allylic oxidation sites excluding steroid dienone is 4. The molecule has 0 radical (unpaired) electrons. The van der Waals surface area contributed by atoms with E-state index in [2.05, 4.69) is 61.5 Å². The van der Waals surface area contributed by atoms with E-state index >= 15 is 0 Å². The third kappa shape index (κ3) is 6.70. The predicted molar refractivity (Wildman–Crippen MR) is 158 cm³/mol. The standard InChI is InChI=1S/C33H51N3O3/c1-6-9-17-34(18-10-7-2)31(37)24-36-23-28(33(5)16-13-30-26(22-33)15-21-39-30)27(8-3)29(36)14-20-35-19-11-12-25(4)32(35)38/h8,11,13,19,22,25,27-29H,3,6-7,9-10,12,14-18,20-21,23-24H2,1-2,4-5H3/t25?,27-,28+,29+,33?/m1/s1. The Hall–Kier alpha value is -2.34. The minimum atomic E-state index is -0.0130. The van der Waals surface area contributed by atoms with E-state index in [1.165, 1.54) is 5.57 Å². The summed E-state index contributed by atoms with van der Waals surface area (Å²) in [6.45, 7) is 17.5. The highest BCUT2D eigenvalue weighted by Crippen LogP contribution is 2.50. The fraction of sp³-hybridized carbons (Fsp3) is 0.697.